The lowest BCUT2D eigenvalue weighted by molar-refractivity contribution is 0.119. The number of carbonyl (C=O) groups is 1. The van der Waals surface area contributed by atoms with Gasteiger partial charge in [-0.05, 0) is 12.2 Å². The first kappa shape index (κ1) is 10.6. The highest BCUT2D eigenvalue weighted by atomic mass is 19.1. The van der Waals surface area contributed by atoms with Gasteiger partial charge in [0.15, 0.2) is 0 Å². The summed E-state index contributed by atoms with van der Waals surface area (Å²) >= 11 is 0. The van der Waals surface area contributed by atoms with Crippen molar-refractivity contribution in [3.8, 4) is 0 Å². The number of carbonyl (C=O) groups excluding carboxylic acids is 1. The normalized spacial score (nSPS) is 10.8. The Morgan fingerprint density at radius 3 is 1.83 bits per heavy atom. The molecule has 0 N–H and O–H groups in total. The van der Waals surface area contributed by atoms with Gasteiger partial charge in [-0.25, -0.2) is 13.6 Å². The lowest BCUT2D eigenvalue weighted by Crippen LogP contribution is -1.97. The minimum atomic E-state index is -1.04. The van der Waals surface area contributed by atoms with Crippen LogP contribution in [-0.2, 0) is 9.47 Å². The van der Waals surface area contributed by atoms with E-state index < -0.39 is 19.5 Å². The maximum Gasteiger partial charge on any atom is 0.518 e. The van der Waals surface area contributed by atoms with Crippen molar-refractivity contribution in [1.82, 2.24) is 0 Å². The lowest BCUT2D eigenvalue weighted by Gasteiger charge is -1.94. The van der Waals surface area contributed by atoms with Crippen LogP contribution >= 0.6 is 0 Å². The zero-order chi connectivity index (χ0) is 9.23. The molecule has 0 fully saturated rings. The fraction of sp³-hybridized carbons (Fsp3) is 0.286. The molecule has 0 amide bonds. The molecule has 0 aliphatic rings. The smallest absolute Gasteiger partial charge is 0.403 e. The first-order chi connectivity index (χ1) is 5.81. The summed E-state index contributed by atoms with van der Waals surface area (Å²) in [7, 11) is 0. The van der Waals surface area contributed by atoms with Crippen LogP contribution in [0.1, 0.15) is 0 Å². The van der Waals surface area contributed by atoms with Crippen LogP contribution in [0.3, 0.4) is 0 Å². The molecule has 5 heteroatoms. The maximum absolute atomic E-state index is 11.4. The number of halogens is 2. The Kier molecular flexibility index (Phi) is 6.82. The second-order valence-electron chi connectivity index (χ2n) is 1.54. The zero-order valence-corrected chi connectivity index (χ0v) is 6.20. The SMILES string of the molecule is O=C(O/C=C/CF)O/C=C/CF. The predicted octanol–water partition coefficient (Wildman–Crippen LogP) is 2.11. The third kappa shape index (κ3) is 6.73. The van der Waals surface area contributed by atoms with Gasteiger partial charge in [0, 0.05) is 0 Å². The van der Waals surface area contributed by atoms with Gasteiger partial charge in [-0.2, -0.15) is 0 Å². The van der Waals surface area contributed by atoms with Crippen LogP contribution in [0.5, 0.6) is 0 Å². The Bertz CT molecular complexity index is 159. The van der Waals surface area contributed by atoms with E-state index in [9.17, 15) is 13.6 Å². The summed E-state index contributed by atoms with van der Waals surface area (Å²) in [5, 5.41) is 0. The van der Waals surface area contributed by atoms with Gasteiger partial charge < -0.3 is 9.47 Å². The molecule has 0 saturated carbocycles. The van der Waals surface area contributed by atoms with Gasteiger partial charge in [-0.3, -0.25) is 0 Å². The summed E-state index contributed by atoms with van der Waals surface area (Å²) in [6.45, 7) is -1.46. The molecule has 0 saturated heterocycles. The second-order valence-corrected chi connectivity index (χ2v) is 1.54. The molecular formula is C7H8F2O3. The third-order valence-corrected chi connectivity index (χ3v) is 0.699. The summed E-state index contributed by atoms with van der Waals surface area (Å²) in [4.78, 5) is 10.4. The van der Waals surface area contributed by atoms with Crippen LogP contribution in [0.2, 0.25) is 0 Å². The minimum absolute atomic E-state index is 0.729. The van der Waals surface area contributed by atoms with Crippen molar-refractivity contribution in [3.05, 3.63) is 24.7 Å². The Hall–Kier alpha value is -1.39. The van der Waals surface area contributed by atoms with E-state index in [2.05, 4.69) is 9.47 Å². The molecule has 12 heavy (non-hydrogen) atoms. The van der Waals surface area contributed by atoms with Crippen LogP contribution < -0.4 is 0 Å². The molecule has 0 aromatic carbocycles. The van der Waals surface area contributed by atoms with Crippen molar-refractivity contribution >= 4 is 6.16 Å². The molecule has 0 bridgehead atoms. The monoisotopic (exact) mass is 178 g/mol. The van der Waals surface area contributed by atoms with Crippen LogP contribution in [-0.4, -0.2) is 19.5 Å². The zero-order valence-electron chi connectivity index (χ0n) is 6.20. The van der Waals surface area contributed by atoms with E-state index in [0.29, 0.717) is 0 Å². The third-order valence-electron chi connectivity index (χ3n) is 0.699. The number of hydrogen-bond donors (Lipinski definition) is 0. The predicted molar refractivity (Wildman–Crippen MR) is 37.8 cm³/mol. The summed E-state index contributed by atoms with van der Waals surface area (Å²) < 4.78 is 31.1. The first-order valence-corrected chi connectivity index (χ1v) is 3.10. The van der Waals surface area contributed by atoms with E-state index in [-0.39, 0.29) is 0 Å². The van der Waals surface area contributed by atoms with E-state index >= 15 is 0 Å². The first-order valence-electron chi connectivity index (χ1n) is 3.10. The number of alkyl halides is 2. The molecule has 0 radical (unpaired) electrons. The van der Waals surface area contributed by atoms with Gasteiger partial charge >= 0.3 is 6.16 Å². The van der Waals surface area contributed by atoms with Crippen molar-refractivity contribution in [1.29, 1.82) is 0 Å². The highest BCUT2D eigenvalue weighted by molar-refractivity contribution is 5.61. The number of allylic oxidation sites excluding steroid dienone is 2. The second kappa shape index (κ2) is 7.71. The molecule has 0 aromatic heterocycles. The molecule has 0 rings (SSSR count). The average molecular weight is 178 g/mol. The molecule has 0 unspecified atom stereocenters. The van der Waals surface area contributed by atoms with Crippen molar-refractivity contribution in [3.63, 3.8) is 0 Å². The quantitative estimate of drug-likeness (QED) is 0.488. The molecule has 0 heterocycles. The van der Waals surface area contributed by atoms with Crippen molar-refractivity contribution in [2.75, 3.05) is 13.3 Å². The summed E-state index contributed by atoms with van der Waals surface area (Å²) in [6, 6.07) is 0. The minimum Gasteiger partial charge on any atom is -0.403 e. The van der Waals surface area contributed by atoms with E-state index in [4.69, 9.17) is 0 Å². The van der Waals surface area contributed by atoms with Gasteiger partial charge in [-0.15, -0.1) is 0 Å². The van der Waals surface area contributed by atoms with Gasteiger partial charge in [0.2, 0.25) is 0 Å². The number of hydrogen-bond acceptors (Lipinski definition) is 3. The topological polar surface area (TPSA) is 35.5 Å². The summed E-state index contributed by atoms with van der Waals surface area (Å²) in [5.74, 6) is 0. The highest BCUT2D eigenvalue weighted by Crippen LogP contribution is 1.88. The van der Waals surface area contributed by atoms with Crippen LogP contribution in [0, 0.1) is 0 Å². The van der Waals surface area contributed by atoms with Crippen molar-refractivity contribution in [2.45, 2.75) is 0 Å². The standard InChI is InChI=1S/C7H8F2O3/c8-3-1-5-11-7(10)12-6-2-4-9/h1-2,5-6H,3-4H2/b5-1+,6-2+. The van der Waals surface area contributed by atoms with Crippen molar-refractivity contribution in [2.24, 2.45) is 0 Å². The fourth-order valence-electron chi connectivity index (χ4n) is 0.308. The van der Waals surface area contributed by atoms with Crippen LogP contribution in [0.25, 0.3) is 0 Å². The fourth-order valence-corrected chi connectivity index (χ4v) is 0.308. The highest BCUT2D eigenvalue weighted by Gasteiger charge is 1.96. The van der Waals surface area contributed by atoms with E-state index in [1.54, 1.807) is 0 Å². The molecule has 0 aromatic rings. The lowest BCUT2D eigenvalue weighted by atomic mass is 10.7. The van der Waals surface area contributed by atoms with Gasteiger partial charge in [0.1, 0.15) is 13.3 Å². The van der Waals surface area contributed by atoms with E-state index in [0.717, 1.165) is 24.7 Å². The maximum atomic E-state index is 11.4. The molecule has 3 nitrogen and oxygen atoms in total. The molecule has 0 spiro atoms. The Morgan fingerprint density at radius 1 is 1.08 bits per heavy atom. The molecule has 0 aliphatic carbocycles. The number of ether oxygens (including phenoxy) is 2. The number of rotatable bonds is 4. The summed E-state index contributed by atoms with van der Waals surface area (Å²) in [5.41, 5.74) is 0. The van der Waals surface area contributed by atoms with Gasteiger partial charge in [-0.1, -0.05) is 0 Å². The van der Waals surface area contributed by atoms with Gasteiger partial charge in [0.25, 0.3) is 0 Å². The van der Waals surface area contributed by atoms with E-state index in [1.807, 2.05) is 0 Å². The van der Waals surface area contributed by atoms with Gasteiger partial charge in [0.05, 0.1) is 12.5 Å². The summed E-state index contributed by atoms with van der Waals surface area (Å²) in [6.07, 6.45) is 2.64. The molecule has 68 valence electrons. The molecular weight excluding hydrogens is 170 g/mol. The molecule has 0 atom stereocenters. The molecule has 0 aliphatic heterocycles. The van der Waals surface area contributed by atoms with Crippen molar-refractivity contribution < 1.29 is 23.0 Å². The Balaban J connectivity index is 3.46. The van der Waals surface area contributed by atoms with E-state index in [1.165, 1.54) is 0 Å². The Morgan fingerprint density at radius 2 is 1.50 bits per heavy atom. The largest absolute Gasteiger partial charge is 0.518 e. The van der Waals surface area contributed by atoms with Crippen LogP contribution in [0.4, 0.5) is 13.6 Å². The average Bonchev–Trinajstić information content (AvgIpc) is 2.06. The Labute approximate surface area is 68.3 Å². The van der Waals surface area contributed by atoms with Crippen LogP contribution in [0.15, 0.2) is 24.7 Å².